The van der Waals surface area contributed by atoms with Crippen LogP contribution >= 0.6 is 0 Å². The molecule has 1 aliphatic rings. The molecule has 0 spiro atoms. The standard InChI is InChI=1S/C14H18N2O/c1-11-4-6-12(7-5-11)13(17)10-14-15(2)8-9-16(14)3/h4-7,10H,8-9H2,1-3H3. The second-order valence-corrected chi connectivity index (χ2v) is 4.58. The molecule has 0 radical (unpaired) electrons. The fraction of sp³-hybridized carbons (Fsp3) is 0.357. The van der Waals surface area contributed by atoms with Crippen molar-refractivity contribution in [3.63, 3.8) is 0 Å². The van der Waals surface area contributed by atoms with Crippen molar-refractivity contribution in [1.82, 2.24) is 9.80 Å². The highest BCUT2D eigenvalue weighted by molar-refractivity contribution is 6.04. The van der Waals surface area contributed by atoms with Gasteiger partial charge in [-0.1, -0.05) is 29.8 Å². The molecule has 0 atom stereocenters. The predicted molar refractivity (Wildman–Crippen MR) is 68.9 cm³/mol. The molecule has 1 aromatic carbocycles. The van der Waals surface area contributed by atoms with Gasteiger partial charge in [0.1, 0.15) is 5.82 Å². The van der Waals surface area contributed by atoms with Gasteiger partial charge in [0.25, 0.3) is 0 Å². The third kappa shape index (κ3) is 2.49. The van der Waals surface area contributed by atoms with Crippen LogP contribution in [0.1, 0.15) is 15.9 Å². The number of rotatable bonds is 2. The van der Waals surface area contributed by atoms with Crippen molar-refractivity contribution in [3.05, 3.63) is 47.3 Å². The molecular weight excluding hydrogens is 212 g/mol. The lowest BCUT2D eigenvalue weighted by atomic mass is 10.1. The van der Waals surface area contributed by atoms with E-state index in [2.05, 4.69) is 9.80 Å². The Labute approximate surface area is 102 Å². The number of allylic oxidation sites excluding steroid dienone is 1. The molecule has 3 nitrogen and oxygen atoms in total. The number of nitrogens with zero attached hydrogens (tertiary/aromatic N) is 2. The molecule has 0 unspecified atom stereocenters. The lowest BCUT2D eigenvalue weighted by Gasteiger charge is -2.17. The van der Waals surface area contributed by atoms with Crippen molar-refractivity contribution in [2.45, 2.75) is 6.92 Å². The zero-order valence-corrected chi connectivity index (χ0v) is 10.6. The van der Waals surface area contributed by atoms with E-state index in [1.165, 1.54) is 5.56 Å². The summed E-state index contributed by atoms with van der Waals surface area (Å²) in [6.45, 7) is 3.97. The van der Waals surface area contributed by atoms with Gasteiger partial charge in [-0.15, -0.1) is 0 Å². The fourth-order valence-electron chi connectivity index (χ4n) is 1.96. The Morgan fingerprint density at radius 2 is 1.65 bits per heavy atom. The topological polar surface area (TPSA) is 23.6 Å². The van der Waals surface area contributed by atoms with Crippen LogP contribution in [0.25, 0.3) is 0 Å². The second-order valence-electron chi connectivity index (χ2n) is 4.58. The van der Waals surface area contributed by atoms with Gasteiger partial charge in [-0.25, -0.2) is 0 Å². The van der Waals surface area contributed by atoms with Gasteiger partial charge in [0, 0.05) is 38.8 Å². The highest BCUT2D eigenvalue weighted by atomic mass is 16.1. The monoisotopic (exact) mass is 230 g/mol. The van der Waals surface area contributed by atoms with E-state index in [0.717, 1.165) is 24.5 Å². The predicted octanol–water partition coefficient (Wildman–Crippen LogP) is 1.90. The molecule has 3 heteroatoms. The summed E-state index contributed by atoms with van der Waals surface area (Å²) < 4.78 is 0. The van der Waals surface area contributed by atoms with Gasteiger partial charge in [-0.3, -0.25) is 4.79 Å². The molecule has 2 rings (SSSR count). The van der Waals surface area contributed by atoms with E-state index < -0.39 is 0 Å². The Morgan fingerprint density at radius 3 is 2.18 bits per heavy atom. The maximum Gasteiger partial charge on any atom is 0.189 e. The van der Waals surface area contributed by atoms with Crippen LogP contribution in [-0.2, 0) is 0 Å². The summed E-state index contributed by atoms with van der Waals surface area (Å²) in [5, 5.41) is 0. The molecule has 0 N–H and O–H groups in total. The first-order chi connectivity index (χ1) is 8.08. The Bertz CT molecular complexity index is 436. The highest BCUT2D eigenvalue weighted by Gasteiger charge is 2.19. The summed E-state index contributed by atoms with van der Waals surface area (Å²) in [7, 11) is 4.02. The molecule has 1 fully saturated rings. The molecule has 0 saturated carbocycles. The van der Waals surface area contributed by atoms with Gasteiger partial charge in [0.15, 0.2) is 5.78 Å². The number of benzene rings is 1. The molecule has 0 aliphatic carbocycles. The molecule has 0 bridgehead atoms. The molecule has 17 heavy (non-hydrogen) atoms. The van der Waals surface area contributed by atoms with Crippen LogP contribution in [0.2, 0.25) is 0 Å². The van der Waals surface area contributed by atoms with Crippen LogP contribution in [-0.4, -0.2) is 42.8 Å². The summed E-state index contributed by atoms with van der Waals surface area (Å²) in [6.07, 6.45) is 1.72. The Morgan fingerprint density at radius 1 is 1.12 bits per heavy atom. The summed E-state index contributed by atoms with van der Waals surface area (Å²) in [4.78, 5) is 16.3. The summed E-state index contributed by atoms with van der Waals surface area (Å²) >= 11 is 0. The molecule has 1 heterocycles. The summed E-state index contributed by atoms with van der Waals surface area (Å²) in [5.41, 5.74) is 1.92. The molecular formula is C14H18N2O. The maximum absolute atomic E-state index is 12.1. The number of aryl methyl sites for hydroxylation is 1. The van der Waals surface area contributed by atoms with Crippen LogP contribution in [0.3, 0.4) is 0 Å². The van der Waals surface area contributed by atoms with Gasteiger partial charge >= 0.3 is 0 Å². The summed E-state index contributed by atoms with van der Waals surface area (Å²) in [6, 6.07) is 7.69. The first-order valence-electron chi connectivity index (χ1n) is 5.83. The van der Waals surface area contributed by atoms with Gasteiger partial charge in [0.05, 0.1) is 0 Å². The van der Waals surface area contributed by atoms with E-state index in [-0.39, 0.29) is 5.78 Å². The Kier molecular flexibility index (Phi) is 3.18. The van der Waals surface area contributed by atoms with Crippen molar-refractivity contribution in [1.29, 1.82) is 0 Å². The average molecular weight is 230 g/mol. The zero-order valence-electron chi connectivity index (χ0n) is 10.6. The van der Waals surface area contributed by atoms with E-state index in [9.17, 15) is 4.79 Å². The molecule has 1 saturated heterocycles. The number of hydrogen-bond donors (Lipinski definition) is 0. The third-order valence-corrected chi connectivity index (χ3v) is 3.15. The lowest BCUT2D eigenvalue weighted by Crippen LogP contribution is -2.18. The van der Waals surface area contributed by atoms with Gasteiger partial charge < -0.3 is 9.80 Å². The number of carbonyl (C=O) groups excluding carboxylic acids is 1. The van der Waals surface area contributed by atoms with Crippen molar-refractivity contribution in [2.75, 3.05) is 27.2 Å². The Balaban J connectivity index is 2.21. The highest BCUT2D eigenvalue weighted by Crippen LogP contribution is 2.15. The smallest absolute Gasteiger partial charge is 0.189 e. The van der Waals surface area contributed by atoms with Crippen molar-refractivity contribution < 1.29 is 4.79 Å². The number of ketones is 1. The Hall–Kier alpha value is -1.77. The SMILES string of the molecule is Cc1ccc(C(=O)C=C2N(C)CCN2C)cc1. The van der Waals surface area contributed by atoms with Crippen molar-refractivity contribution in [2.24, 2.45) is 0 Å². The largest absolute Gasteiger partial charge is 0.359 e. The van der Waals surface area contributed by atoms with Crippen molar-refractivity contribution in [3.8, 4) is 0 Å². The first kappa shape index (κ1) is 11.7. The van der Waals surface area contributed by atoms with E-state index in [1.54, 1.807) is 6.08 Å². The molecule has 1 aliphatic heterocycles. The first-order valence-corrected chi connectivity index (χ1v) is 5.83. The quantitative estimate of drug-likeness (QED) is 0.572. The van der Waals surface area contributed by atoms with Crippen LogP contribution in [0.5, 0.6) is 0 Å². The molecule has 0 amide bonds. The maximum atomic E-state index is 12.1. The molecule has 1 aromatic rings. The average Bonchev–Trinajstić information content (AvgIpc) is 2.61. The van der Waals surface area contributed by atoms with Gasteiger partial charge in [-0.05, 0) is 6.92 Å². The summed E-state index contributed by atoms with van der Waals surface area (Å²) in [5.74, 6) is 1.07. The van der Waals surface area contributed by atoms with Gasteiger partial charge in [-0.2, -0.15) is 0 Å². The number of hydrogen-bond acceptors (Lipinski definition) is 3. The lowest BCUT2D eigenvalue weighted by molar-refractivity contribution is 0.104. The van der Waals surface area contributed by atoms with E-state index in [4.69, 9.17) is 0 Å². The molecule has 90 valence electrons. The minimum Gasteiger partial charge on any atom is -0.359 e. The van der Waals surface area contributed by atoms with E-state index in [1.807, 2.05) is 45.3 Å². The molecule has 0 aromatic heterocycles. The minimum absolute atomic E-state index is 0.0700. The van der Waals surface area contributed by atoms with Crippen LogP contribution in [0, 0.1) is 6.92 Å². The van der Waals surface area contributed by atoms with Crippen LogP contribution in [0.15, 0.2) is 36.2 Å². The van der Waals surface area contributed by atoms with Gasteiger partial charge in [0.2, 0.25) is 0 Å². The number of likely N-dealkylation sites (N-methyl/N-ethyl adjacent to an activating group) is 2. The van der Waals surface area contributed by atoms with Crippen LogP contribution in [0.4, 0.5) is 0 Å². The van der Waals surface area contributed by atoms with E-state index in [0.29, 0.717) is 0 Å². The van der Waals surface area contributed by atoms with Crippen molar-refractivity contribution >= 4 is 5.78 Å². The minimum atomic E-state index is 0.0700. The number of carbonyl (C=O) groups is 1. The third-order valence-electron chi connectivity index (χ3n) is 3.15. The zero-order chi connectivity index (χ0) is 12.4. The normalized spacial score (nSPS) is 15.4. The second kappa shape index (κ2) is 4.62. The fourth-order valence-corrected chi connectivity index (χ4v) is 1.96. The van der Waals surface area contributed by atoms with E-state index >= 15 is 0 Å². The van der Waals surface area contributed by atoms with Crippen LogP contribution < -0.4 is 0 Å².